The monoisotopic (exact) mass is 418 g/mol. The second-order valence-electron chi connectivity index (χ2n) is 8.06. The Kier molecular flexibility index (Phi) is 10.4. The van der Waals surface area contributed by atoms with Crippen LogP contribution in [0.3, 0.4) is 0 Å². The van der Waals surface area contributed by atoms with E-state index >= 15 is 0 Å². The van der Waals surface area contributed by atoms with E-state index in [-0.39, 0.29) is 18.1 Å². The number of hydrogen-bond acceptors (Lipinski definition) is 6. The fourth-order valence-electron chi connectivity index (χ4n) is 3.41. The van der Waals surface area contributed by atoms with Gasteiger partial charge in [-0.1, -0.05) is 26.0 Å². The molecule has 1 aliphatic carbocycles. The van der Waals surface area contributed by atoms with Crippen LogP contribution in [0.15, 0.2) is 30.3 Å². The lowest BCUT2D eigenvalue weighted by atomic mass is 10.0. The number of hydroxylamine groups is 1. The summed E-state index contributed by atoms with van der Waals surface area (Å²) in [6, 6.07) is 7.03. The highest BCUT2D eigenvalue weighted by Gasteiger charge is 2.25. The van der Waals surface area contributed by atoms with Crippen molar-refractivity contribution in [2.24, 2.45) is 5.92 Å². The molecule has 0 spiro atoms. The Morgan fingerprint density at radius 1 is 1.20 bits per heavy atom. The van der Waals surface area contributed by atoms with Crippen LogP contribution in [0.1, 0.15) is 57.9 Å². The zero-order valence-electron chi connectivity index (χ0n) is 17.9. The smallest absolute Gasteiger partial charge is 0.323 e. The topological polar surface area (TPSA) is 96.9 Å². The predicted octanol–water partition coefficient (Wildman–Crippen LogP) is 3.46. The van der Waals surface area contributed by atoms with Crippen LogP contribution in [0.25, 0.3) is 6.08 Å². The number of ether oxygens (including phenoxy) is 2. The maximum Gasteiger partial charge on any atom is 0.323 e. The van der Waals surface area contributed by atoms with Gasteiger partial charge in [0.1, 0.15) is 17.9 Å². The van der Waals surface area contributed by atoms with Crippen LogP contribution in [0.4, 0.5) is 0 Å². The van der Waals surface area contributed by atoms with E-state index in [2.05, 4.69) is 19.2 Å². The SMILES string of the molecule is CC(C)C[C@H](NCCCOc1ccc(/C=C/C(=O)NO)cc1)C(=O)OC1CCCC1. The first kappa shape index (κ1) is 23.9. The summed E-state index contributed by atoms with van der Waals surface area (Å²) in [4.78, 5) is 23.5. The van der Waals surface area contributed by atoms with Crippen molar-refractivity contribution >= 4 is 18.0 Å². The molecule has 0 aromatic heterocycles. The summed E-state index contributed by atoms with van der Waals surface area (Å²) in [6.07, 6.45) is 8.71. The second-order valence-corrected chi connectivity index (χ2v) is 8.06. The van der Waals surface area contributed by atoms with Gasteiger partial charge in [0.2, 0.25) is 0 Å². The largest absolute Gasteiger partial charge is 0.494 e. The van der Waals surface area contributed by atoms with E-state index in [4.69, 9.17) is 14.7 Å². The van der Waals surface area contributed by atoms with Crippen LogP contribution in [0.2, 0.25) is 0 Å². The summed E-state index contributed by atoms with van der Waals surface area (Å²) >= 11 is 0. The van der Waals surface area contributed by atoms with Crippen LogP contribution < -0.4 is 15.5 Å². The number of carbonyl (C=O) groups is 2. The number of benzene rings is 1. The highest BCUT2D eigenvalue weighted by atomic mass is 16.5. The summed E-state index contributed by atoms with van der Waals surface area (Å²) in [5.74, 6) is 0.435. The van der Waals surface area contributed by atoms with E-state index in [9.17, 15) is 9.59 Å². The Morgan fingerprint density at radius 3 is 2.53 bits per heavy atom. The molecule has 3 N–H and O–H groups in total. The molecule has 0 saturated heterocycles. The van der Waals surface area contributed by atoms with Crippen molar-refractivity contribution in [1.82, 2.24) is 10.8 Å². The average Bonchev–Trinajstić information content (AvgIpc) is 3.24. The molecule has 2 rings (SSSR count). The molecule has 0 aliphatic heterocycles. The van der Waals surface area contributed by atoms with Gasteiger partial charge in [-0.3, -0.25) is 14.8 Å². The standard InChI is InChI=1S/C23H34N2O5/c1-17(2)16-21(23(27)30-20-6-3-4-7-20)24-14-5-15-29-19-11-8-18(9-12-19)10-13-22(26)25-28/h8-13,17,20-21,24,28H,3-7,14-16H2,1-2H3,(H,25,26)/b13-10+/t21-/m0/s1. The Hall–Kier alpha value is -2.38. The van der Waals surface area contributed by atoms with E-state index in [1.807, 2.05) is 24.3 Å². The number of rotatable bonds is 12. The van der Waals surface area contributed by atoms with Gasteiger partial charge in [0.15, 0.2) is 0 Å². The van der Waals surface area contributed by atoms with Gasteiger partial charge >= 0.3 is 5.97 Å². The van der Waals surface area contributed by atoms with Crippen molar-refractivity contribution in [3.8, 4) is 5.75 Å². The van der Waals surface area contributed by atoms with E-state index in [0.717, 1.165) is 49.8 Å². The molecule has 1 atom stereocenters. The van der Waals surface area contributed by atoms with E-state index < -0.39 is 5.91 Å². The maximum absolute atomic E-state index is 12.5. The number of esters is 1. The highest BCUT2D eigenvalue weighted by Crippen LogP contribution is 2.22. The van der Waals surface area contributed by atoms with Crippen molar-refractivity contribution in [3.05, 3.63) is 35.9 Å². The van der Waals surface area contributed by atoms with Crippen LogP contribution >= 0.6 is 0 Å². The molecule has 30 heavy (non-hydrogen) atoms. The fraction of sp³-hybridized carbons (Fsp3) is 0.565. The van der Waals surface area contributed by atoms with Crippen molar-refractivity contribution in [1.29, 1.82) is 0 Å². The summed E-state index contributed by atoms with van der Waals surface area (Å²) < 4.78 is 11.4. The fourth-order valence-corrected chi connectivity index (χ4v) is 3.41. The first-order valence-electron chi connectivity index (χ1n) is 10.8. The van der Waals surface area contributed by atoms with Gasteiger partial charge in [-0.05, 0) is 74.8 Å². The molecular formula is C23H34N2O5. The molecule has 7 heteroatoms. The van der Waals surface area contributed by atoms with E-state index in [1.54, 1.807) is 11.6 Å². The minimum Gasteiger partial charge on any atom is -0.494 e. The van der Waals surface area contributed by atoms with Crippen molar-refractivity contribution in [2.75, 3.05) is 13.2 Å². The third-order valence-corrected chi connectivity index (χ3v) is 4.97. The van der Waals surface area contributed by atoms with Gasteiger partial charge in [-0.15, -0.1) is 0 Å². The quantitative estimate of drug-likeness (QED) is 0.158. The molecule has 1 saturated carbocycles. The van der Waals surface area contributed by atoms with Gasteiger partial charge in [-0.2, -0.15) is 0 Å². The molecule has 166 valence electrons. The lowest BCUT2D eigenvalue weighted by Crippen LogP contribution is -2.41. The summed E-state index contributed by atoms with van der Waals surface area (Å²) in [6.45, 7) is 5.42. The molecule has 1 aliphatic rings. The Morgan fingerprint density at radius 2 is 1.90 bits per heavy atom. The van der Waals surface area contributed by atoms with E-state index in [1.165, 1.54) is 6.08 Å². The average molecular weight is 419 g/mol. The highest BCUT2D eigenvalue weighted by molar-refractivity contribution is 5.90. The normalized spacial score (nSPS) is 15.5. The van der Waals surface area contributed by atoms with Crippen molar-refractivity contribution in [3.63, 3.8) is 0 Å². The third-order valence-electron chi connectivity index (χ3n) is 4.97. The molecule has 0 bridgehead atoms. The molecule has 1 fully saturated rings. The van der Waals surface area contributed by atoms with Crippen LogP contribution in [-0.4, -0.2) is 42.4 Å². The van der Waals surface area contributed by atoms with Gasteiger partial charge in [0.05, 0.1) is 6.61 Å². The van der Waals surface area contributed by atoms with Crippen molar-refractivity contribution in [2.45, 2.75) is 64.5 Å². The second kappa shape index (κ2) is 13.0. The molecule has 1 aromatic rings. The first-order chi connectivity index (χ1) is 14.5. The zero-order valence-corrected chi connectivity index (χ0v) is 17.9. The minimum absolute atomic E-state index is 0.0909. The molecule has 1 aromatic carbocycles. The lowest BCUT2D eigenvalue weighted by molar-refractivity contribution is -0.151. The number of nitrogens with one attached hydrogen (secondary N) is 2. The first-order valence-corrected chi connectivity index (χ1v) is 10.8. The van der Waals surface area contributed by atoms with Gasteiger partial charge in [-0.25, -0.2) is 5.48 Å². The van der Waals surface area contributed by atoms with Crippen LogP contribution in [0, 0.1) is 5.92 Å². The van der Waals surface area contributed by atoms with Gasteiger partial charge in [0, 0.05) is 6.08 Å². The Labute approximate surface area is 178 Å². The molecule has 1 amide bonds. The molecule has 0 heterocycles. The summed E-state index contributed by atoms with van der Waals surface area (Å²) in [7, 11) is 0. The Bertz CT molecular complexity index is 681. The molecule has 0 unspecified atom stereocenters. The Balaban J connectivity index is 1.70. The summed E-state index contributed by atoms with van der Waals surface area (Å²) in [5, 5.41) is 11.8. The third kappa shape index (κ3) is 8.97. The molecular weight excluding hydrogens is 384 g/mol. The molecule has 0 radical (unpaired) electrons. The molecule has 7 nitrogen and oxygen atoms in total. The maximum atomic E-state index is 12.5. The minimum atomic E-state index is -0.578. The zero-order chi connectivity index (χ0) is 21.8. The van der Waals surface area contributed by atoms with Crippen molar-refractivity contribution < 1.29 is 24.3 Å². The number of amides is 1. The lowest BCUT2D eigenvalue weighted by Gasteiger charge is -2.21. The van der Waals surface area contributed by atoms with Gasteiger partial charge in [0.25, 0.3) is 5.91 Å². The summed E-state index contributed by atoms with van der Waals surface area (Å²) in [5.41, 5.74) is 2.37. The van der Waals surface area contributed by atoms with Gasteiger partial charge < -0.3 is 14.8 Å². The predicted molar refractivity (Wildman–Crippen MR) is 115 cm³/mol. The van der Waals surface area contributed by atoms with Crippen LogP contribution in [-0.2, 0) is 14.3 Å². The number of carbonyl (C=O) groups excluding carboxylic acids is 2. The van der Waals surface area contributed by atoms with E-state index in [0.29, 0.717) is 19.1 Å². The van der Waals surface area contributed by atoms with Crippen LogP contribution in [0.5, 0.6) is 5.75 Å². The number of hydrogen-bond donors (Lipinski definition) is 3.